The maximum absolute atomic E-state index is 11.6. The standard InChI is InChI=1S/C13H19ClN2O2/c1-4-15-13(17)9(2)16-8-10-7-11(14)5-6-12(10)18-3/h5-7,9,16H,4,8H2,1-3H3,(H,15,17). The molecule has 0 bridgehead atoms. The van der Waals surface area contributed by atoms with E-state index in [1.54, 1.807) is 13.2 Å². The smallest absolute Gasteiger partial charge is 0.236 e. The fourth-order valence-electron chi connectivity index (χ4n) is 1.57. The van der Waals surface area contributed by atoms with E-state index in [1.165, 1.54) is 0 Å². The van der Waals surface area contributed by atoms with Gasteiger partial charge in [0.25, 0.3) is 0 Å². The quantitative estimate of drug-likeness (QED) is 0.831. The minimum absolute atomic E-state index is 0.0153. The van der Waals surface area contributed by atoms with Gasteiger partial charge in [0.15, 0.2) is 0 Å². The van der Waals surface area contributed by atoms with Crippen molar-refractivity contribution < 1.29 is 9.53 Å². The second-order valence-electron chi connectivity index (χ2n) is 3.95. The number of nitrogens with one attached hydrogen (secondary N) is 2. The van der Waals surface area contributed by atoms with E-state index >= 15 is 0 Å². The molecule has 18 heavy (non-hydrogen) atoms. The number of ether oxygens (including phenoxy) is 1. The molecule has 1 amide bonds. The summed E-state index contributed by atoms with van der Waals surface area (Å²) < 4.78 is 5.24. The minimum atomic E-state index is -0.256. The molecule has 1 aromatic carbocycles. The zero-order valence-electron chi connectivity index (χ0n) is 10.9. The number of hydrogen-bond donors (Lipinski definition) is 2. The van der Waals surface area contributed by atoms with Crippen LogP contribution in [0, 0.1) is 0 Å². The van der Waals surface area contributed by atoms with Crippen molar-refractivity contribution in [3.8, 4) is 5.75 Å². The molecule has 4 nitrogen and oxygen atoms in total. The second kappa shape index (κ2) is 7.24. The van der Waals surface area contributed by atoms with E-state index in [2.05, 4.69) is 10.6 Å². The zero-order chi connectivity index (χ0) is 13.5. The van der Waals surface area contributed by atoms with Gasteiger partial charge in [-0.25, -0.2) is 0 Å². The van der Waals surface area contributed by atoms with E-state index in [0.29, 0.717) is 18.1 Å². The van der Waals surface area contributed by atoms with Crippen LogP contribution in [0.2, 0.25) is 5.02 Å². The molecule has 0 fully saturated rings. The van der Waals surface area contributed by atoms with Crippen LogP contribution in [0.5, 0.6) is 5.75 Å². The fraction of sp³-hybridized carbons (Fsp3) is 0.462. The lowest BCUT2D eigenvalue weighted by molar-refractivity contribution is -0.122. The first-order valence-electron chi connectivity index (χ1n) is 5.92. The number of hydrogen-bond acceptors (Lipinski definition) is 3. The SMILES string of the molecule is CCNC(=O)C(C)NCc1cc(Cl)ccc1OC. The van der Waals surface area contributed by atoms with Crippen molar-refractivity contribution in [2.75, 3.05) is 13.7 Å². The van der Waals surface area contributed by atoms with Crippen molar-refractivity contribution in [2.24, 2.45) is 0 Å². The van der Waals surface area contributed by atoms with Gasteiger partial charge in [-0.05, 0) is 32.0 Å². The summed E-state index contributed by atoms with van der Waals surface area (Å²) in [5, 5.41) is 6.55. The molecule has 0 aromatic heterocycles. The number of rotatable bonds is 6. The summed E-state index contributed by atoms with van der Waals surface area (Å²) in [6.07, 6.45) is 0. The summed E-state index contributed by atoms with van der Waals surface area (Å²) in [5.41, 5.74) is 0.932. The van der Waals surface area contributed by atoms with E-state index in [9.17, 15) is 4.79 Å². The number of halogens is 1. The Morgan fingerprint density at radius 3 is 2.83 bits per heavy atom. The molecular formula is C13H19ClN2O2. The lowest BCUT2D eigenvalue weighted by Crippen LogP contribution is -2.41. The van der Waals surface area contributed by atoms with Crippen molar-refractivity contribution in [3.05, 3.63) is 28.8 Å². The molecule has 2 N–H and O–H groups in total. The molecule has 1 atom stereocenters. The Bertz CT molecular complexity index is 410. The summed E-state index contributed by atoms with van der Waals surface area (Å²) in [6, 6.07) is 5.17. The van der Waals surface area contributed by atoms with Crippen molar-refractivity contribution in [1.29, 1.82) is 0 Å². The highest BCUT2D eigenvalue weighted by Crippen LogP contribution is 2.22. The average Bonchev–Trinajstić information content (AvgIpc) is 2.36. The molecule has 0 heterocycles. The van der Waals surface area contributed by atoms with Crippen LogP contribution in [-0.4, -0.2) is 25.6 Å². The summed E-state index contributed by atoms with van der Waals surface area (Å²) in [6.45, 7) is 4.88. The van der Waals surface area contributed by atoms with Gasteiger partial charge in [0, 0.05) is 23.7 Å². The third kappa shape index (κ3) is 4.20. The first kappa shape index (κ1) is 14.8. The zero-order valence-corrected chi connectivity index (χ0v) is 11.7. The molecule has 0 aliphatic carbocycles. The van der Waals surface area contributed by atoms with E-state index < -0.39 is 0 Å². The highest BCUT2D eigenvalue weighted by atomic mass is 35.5. The summed E-state index contributed by atoms with van der Waals surface area (Å²) in [5.74, 6) is 0.744. The molecule has 1 aromatic rings. The number of benzene rings is 1. The van der Waals surface area contributed by atoms with Gasteiger partial charge in [-0.1, -0.05) is 11.6 Å². The first-order valence-corrected chi connectivity index (χ1v) is 6.29. The molecule has 0 saturated heterocycles. The van der Waals surface area contributed by atoms with Gasteiger partial charge in [-0.15, -0.1) is 0 Å². The minimum Gasteiger partial charge on any atom is -0.496 e. The van der Waals surface area contributed by atoms with Crippen LogP contribution in [0.4, 0.5) is 0 Å². The predicted octanol–water partition coefficient (Wildman–Crippen LogP) is 1.96. The Morgan fingerprint density at radius 2 is 2.22 bits per heavy atom. The predicted molar refractivity (Wildman–Crippen MR) is 73.0 cm³/mol. The average molecular weight is 271 g/mol. The van der Waals surface area contributed by atoms with Crippen LogP contribution in [-0.2, 0) is 11.3 Å². The Kier molecular flexibility index (Phi) is 5.95. The molecule has 100 valence electrons. The molecule has 0 saturated carbocycles. The van der Waals surface area contributed by atoms with Gasteiger partial charge in [-0.3, -0.25) is 4.79 Å². The van der Waals surface area contributed by atoms with E-state index in [-0.39, 0.29) is 11.9 Å². The van der Waals surface area contributed by atoms with Gasteiger partial charge < -0.3 is 15.4 Å². The van der Waals surface area contributed by atoms with Crippen LogP contribution in [0.3, 0.4) is 0 Å². The highest BCUT2D eigenvalue weighted by Gasteiger charge is 2.12. The van der Waals surface area contributed by atoms with Crippen molar-refractivity contribution >= 4 is 17.5 Å². The lowest BCUT2D eigenvalue weighted by atomic mass is 10.2. The third-order valence-corrected chi connectivity index (χ3v) is 2.82. The highest BCUT2D eigenvalue weighted by molar-refractivity contribution is 6.30. The largest absolute Gasteiger partial charge is 0.496 e. The van der Waals surface area contributed by atoms with E-state index in [0.717, 1.165) is 11.3 Å². The molecule has 1 rings (SSSR count). The molecule has 0 aliphatic rings. The van der Waals surface area contributed by atoms with E-state index in [1.807, 2.05) is 26.0 Å². The number of amides is 1. The summed E-state index contributed by atoms with van der Waals surface area (Å²) >= 11 is 5.94. The summed E-state index contributed by atoms with van der Waals surface area (Å²) in [4.78, 5) is 11.6. The maximum atomic E-state index is 11.6. The molecule has 0 spiro atoms. The Hall–Kier alpha value is -1.26. The van der Waals surface area contributed by atoms with Gasteiger partial charge in [-0.2, -0.15) is 0 Å². The van der Waals surface area contributed by atoms with Crippen LogP contribution in [0.25, 0.3) is 0 Å². The second-order valence-corrected chi connectivity index (χ2v) is 4.39. The number of methoxy groups -OCH3 is 1. The molecular weight excluding hydrogens is 252 g/mol. The molecule has 0 aliphatic heterocycles. The topological polar surface area (TPSA) is 50.4 Å². The molecule has 5 heteroatoms. The Morgan fingerprint density at radius 1 is 1.50 bits per heavy atom. The van der Waals surface area contributed by atoms with Crippen LogP contribution in [0.1, 0.15) is 19.4 Å². The monoisotopic (exact) mass is 270 g/mol. The van der Waals surface area contributed by atoms with Crippen LogP contribution >= 0.6 is 11.6 Å². The Balaban J connectivity index is 2.62. The van der Waals surface area contributed by atoms with Gasteiger partial charge in [0.1, 0.15) is 5.75 Å². The number of likely N-dealkylation sites (N-methyl/N-ethyl adjacent to an activating group) is 1. The Labute approximate surface area is 113 Å². The number of carbonyl (C=O) groups excluding carboxylic acids is 1. The first-order chi connectivity index (χ1) is 8.58. The van der Waals surface area contributed by atoms with Gasteiger partial charge in [0.05, 0.1) is 13.2 Å². The van der Waals surface area contributed by atoms with Crippen LogP contribution < -0.4 is 15.4 Å². The van der Waals surface area contributed by atoms with Crippen molar-refractivity contribution in [2.45, 2.75) is 26.4 Å². The summed E-state index contributed by atoms with van der Waals surface area (Å²) in [7, 11) is 1.61. The maximum Gasteiger partial charge on any atom is 0.236 e. The van der Waals surface area contributed by atoms with Crippen molar-refractivity contribution in [3.63, 3.8) is 0 Å². The van der Waals surface area contributed by atoms with Gasteiger partial charge >= 0.3 is 0 Å². The third-order valence-electron chi connectivity index (χ3n) is 2.59. The molecule has 1 unspecified atom stereocenters. The van der Waals surface area contributed by atoms with Crippen molar-refractivity contribution in [1.82, 2.24) is 10.6 Å². The van der Waals surface area contributed by atoms with Crippen LogP contribution in [0.15, 0.2) is 18.2 Å². The number of carbonyl (C=O) groups is 1. The lowest BCUT2D eigenvalue weighted by Gasteiger charge is -2.15. The fourth-order valence-corrected chi connectivity index (χ4v) is 1.76. The van der Waals surface area contributed by atoms with E-state index in [4.69, 9.17) is 16.3 Å². The normalized spacial score (nSPS) is 12.0. The molecule has 0 radical (unpaired) electrons. The van der Waals surface area contributed by atoms with Gasteiger partial charge in [0.2, 0.25) is 5.91 Å².